The molecule has 0 heteroatoms. The number of rotatable bonds is 2. The first-order chi connectivity index (χ1) is 6.71. The SMILES string of the molecule is CCC1C2CC2C1C1C(C)C12CC2C. The average molecular weight is 190 g/mol. The van der Waals surface area contributed by atoms with E-state index in [4.69, 9.17) is 0 Å². The number of hydrogen-bond donors (Lipinski definition) is 0. The smallest absolute Gasteiger partial charge is 0.0206 e. The van der Waals surface area contributed by atoms with Crippen LogP contribution in [0.1, 0.15) is 40.0 Å². The van der Waals surface area contributed by atoms with Crippen molar-refractivity contribution < 1.29 is 0 Å². The predicted octanol–water partition coefficient (Wildman–Crippen LogP) is 3.57. The first kappa shape index (κ1) is 8.19. The van der Waals surface area contributed by atoms with Gasteiger partial charge in [-0.1, -0.05) is 27.2 Å². The van der Waals surface area contributed by atoms with Gasteiger partial charge in [-0.05, 0) is 59.7 Å². The second-order valence-corrected chi connectivity index (χ2v) is 6.74. The van der Waals surface area contributed by atoms with Gasteiger partial charge in [-0.3, -0.25) is 0 Å². The van der Waals surface area contributed by atoms with Crippen LogP contribution in [0.2, 0.25) is 0 Å². The molecule has 0 amide bonds. The molecule has 0 aromatic heterocycles. The summed E-state index contributed by atoms with van der Waals surface area (Å²) >= 11 is 0. The predicted molar refractivity (Wildman–Crippen MR) is 57.7 cm³/mol. The zero-order valence-corrected chi connectivity index (χ0v) is 9.66. The van der Waals surface area contributed by atoms with Crippen LogP contribution in [0.3, 0.4) is 0 Å². The topological polar surface area (TPSA) is 0 Å². The summed E-state index contributed by atoms with van der Waals surface area (Å²) in [5, 5.41) is 0. The van der Waals surface area contributed by atoms with E-state index in [9.17, 15) is 0 Å². The molecule has 0 heterocycles. The van der Waals surface area contributed by atoms with Crippen LogP contribution in [0.5, 0.6) is 0 Å². The summed E-state index contributed by atoms with van der Waals surface area (Å²) in [4.78, 5) is 0. The normalized spacial score (nSPS) is 72.6. The van der Waals surface area contributed by atoms with Gasteiger partial charge in [0.25, 0.3) is 0 Å². The quantitative estimate of drug-likeness (QED) is 0.624. The van der Waals surface area contributed by atoms with E-state index < -0.39 is 0 Å². The van der Waals surface area contributed by atoms with Gasteiger partial charge in [-0.25, -0.2) is 0 Å². The molecule has 1 spiro atoms. The molecule has 8 unspecified atom stereocenters. The van der Waals surface area contributed by atoms with Crippen LogP contribution in [0.15, 0.2) is 0 Å². The fourth-order valence-corrected chi connectivity index (χ4v) is 5.69. The Morgan fingerprint density at radius 1 is 1.21 bits per heavy atom. The Hall–Kier alpha value is 0. The summed E-state index contributed by atoms with van der Waals surface area (Å²) in [6, 6.07) is 0. The molecule has 4 rings (SSSR count). The van der Waals surface area contributed by atoms with Crippen molar-refractivity contribution in [2.45, 2.75) is 40.0 Å². The second-order valence-electron chi connectivity index (χ2n) is 6.74. The van der Waals surface area contributed by atoms with E-state index in [0.717, 1.165) is 23.2 Å². The molecular formula is C14H22. The fourth-order valence-electron chi connectivity index (χ4n) is 5.69. The molecule has 0 N–H and O–H groups in total. The molecule has 0 bridgehead atoms. The molecule has 14 heavy (non-hydrogen) atoms. The van der Waals surface area contributed by atoms with E-state index in [1.54, 1.807) is 12.8 Å². The lowest BCUT2D eigenvalue weighted by atomic mass is 9.68. The Kier molecular flexibility index (Phi) is 1.22. The largest absolute Gasteiger partial charge is 0.0651 e. The van der Waals surface area contributed by atoms with Crippen molar-refractivity contribution in [1.29, 1.82) is 0 Å². The maximum absolute atomic E-state index is 2.54. The third-order valence-electron chi connectivity index (χ3n) is 6.63. The van der Waals surface area contributed by atoms with Crippen LogP contribution in [-0.4, -0.2) is 0 Å². The molecule has 0 aromatic carbocycles. The van der Waals surface area contributed by atoms with Gasteiger partial charge in [-0.2, -0.15) is 0 Å². The van der Waals surface area contributed by atoms with Crippen LogP contribution in [0.4, 0.5) is 0 Å². The summed E-state index contributed by atoms with van der Waals surface area (Å²) < 4.78 is 0. The monoisotopic (exact) mass is 190 g/mol. The van der Waals surface area contributed by atoms with Crippen molar-refractivity contribution in [2.75, 3.05) is 0 Å². The molecule has 0 aromatic rings. The van der Waals surface area contributed by atoms with Crippen LogP contribution < -0.4 is 0 Å². The van der Waals surface area contributed by atoms with Crippen LogP contribution >= 0.6 is 0 Å². The highest BCUT2D eigenvalue weighted by atomic mass is 14.8. The van der Waals surface area contributed by atoms with Crippen molar-refractivity contribution in [3.05, 3.63) is 0 Å². The van der Waals surface area contributed by atoms with E-state index in [2.05, 4.69) is 20.8 Å². The van der Waals surface area contributed by atoms with Gasteiger partial charge in [0.15, 0.2) is 0 Å². The van der Waals surface area contributed by atoms with E-state index in [-0.39, 0.29) is 0 Å². The zero-order valence-electron chi connectivity index (χ0n) is 9.66. The summed E-state index contributed by atoms with van der Waals surface area (Å²) in [5.41, 5.74) is 0.894. The van der Waals surface area contributed by atoms with E-state index in [1.165, 1.54) is 30.1 Å². The van der Waals surface area contributed by atoms with Gasteiger partial charge in [0, 0.05) is 0 Å². The molecule has 4 aliphatic carbocycles. The first-order valence-corrected chi connectivity index (χ1v) is 6.71. The first-order valence-electron chi connectivity index (χ1n) is 6.71. The lowest BCUT2D eigenvalue weighted by Crippen LogP contribution is -2.32. The number of hydrogen-bond acceptors (Lipinski definition) is 0. The molecular weight excluding hydrogens is 168 g/mol. The third-order valence-corrected chi connectivity index (χ3v) is 6.63. The molecule has 0 saturated heterocycles. The Bertz CT molecular complexity index is 294. The fraction of sp³-hybridized carbons (Fsp3) is 1.00. The van der Waals surface area contributed by atoms with Gasteiger partial charge in [0.1, 0.15) is 0 Å². The Morgan fingerprint density at radius 2 is 1.93 bits per heavy atom. The van der Waals surface area contributed by atoms with Crippen molar-refractivity contribution in [1.82, 2.24) is 0 Å². The Balaban J connectivity index is 1.56. The van der Waals surface area contributed by atoms with Crippen LogP contribution in [0, 0.1) is 46.8 Å². The molecule has 78 valence electrons. The van der Waals surface area contributed by atoms with E-state index in [1.807, 2.05) is 0 Å². The second kappa shape index (κ2) is 2.08. The van der Waals surface area contributed by atoms with Crippen molar-refractivity contribution in [3.63, 3.8) is 0 Å². The van der Waals surface area contributed by atoms with Gasteiger partial charge >= 0.3 is 0 Å². The minimum Gasteiger partial charge on any atom is -0.0651 e. The molecule has 0 nitrogen and oxygen atoms in total. The molecule has 4 saturated carbocycles. The average Bonchev–Trinajstić information content (AvgIpc) is 3.03. The minimum atomic E-state index is 0.894. The van der Waals surface area contributed by atoms with Gasteiger partial charge in [-0.15, -0.1) is 0 Å². The summed E-state index contributed by atoms with van der Waals surface area (Å²) in [6.07, 6.45) is 4.65. The molecule has 4 aliphatic rings. The highest BCUT2D eigenvalue weighted by Gasteiger charge is 2.80. The van der Waals surface area contributed by atoms with Crippen molar-refractivity contribution >= 4 is 0 Å². The lowest BCUT2D eigenvalue weighted by Gasteiger charge is -2.36. The van der Waals surface area contributed by atoms with E-state index >= 15 is 0 Å². The highest BCUT2D eigenvalue weighted by Crippen LogP contribution is 2.85. The van der Waals surface area contributed by atoms with Crippen LogP contribution in [-0.2, 0) is 0 Å². The molecule has 8 atom stereocenters. The lowest BCUT2D eigenvalue weighted by molar-refractivity contribution is 0.112. The molecule has 0 aliphatic heterocycles. The van der Waals surface area contributed by atoms with E-state index in [0.29, 0.717) is 0 Å². The van der Waals surface area contributed by atoms with Gasteiger partial charge < -0.3 is 0 Å². The standard InChI is InChI=1S/C14H22/c1-4-9-10-5-11(10)12(9)13-8(3)14(13)6-7(14)2/h7-13H,4-6H2,1-3H3. The maximum Gasteiger partial charge on any atom is -0.0206 e. The zero-order chi connectivity index (χ0) is 9.66. The Morgan fingerprint density at radius 3 is 2.43 bits per heavy atom. The summed E-state index contributed by atoms with van der Waals surface area (Å²) in [5.74, 6) is 8.09. The molecule has 4 fully saturated rings. The third kappa shape index (κ3) is 0.657. The summed E-state index contributed by atoms with van der Waals surface area (Å²) in [6.45, 7) is 7.44. The maximum atomic E-state index is 2.54. The van der Waals surface area contributed by atoms with Gasteiger partial charge in [0.2, 0.25) is 0 Å². The highest BCUT2D eigenvalue weighted by molar-refractivity contribution is 5.27. The van der Waals surface area contributed by atoms with Gasteiger partial charge in [0.05, 0.1) is 0 Å². The minimum absolute atomic E-state index is 0.894. The Labute approximate surface area is 87.5 Å². The number of fused-ring (bicyclic) bond motifs is 1. The van der Waals surface area contributed by atoms with Crippen molar-refractivity contribution in [3.8, 4) is 0 Å². The summed E-state index contributed by atoms with van der Waals surface area (Å²) in [7, 11) is 0. The van der Waals surface area contributed by atoms with Crippen molar-refractivity contribution in [2.24, 2.45) is 46.8 Å². The molecule has 0 radical (unpaired) electrons. The van der Waals surface area contributed by atoms with Crippen LogP contribution in [0.25, 0.3) is 0 Å².